The van der Waals surface area contributed by atoms with Gasteiger partial charge in [0.05, 0.1) is 11.6 Å². The minimum atomic E-state index is -0.531. The number of aryl methyl sites for hydroxylation is 1. The highest BCUT2D eigenvalue weighted by Gasteiger charge is 2.25. The van der Waals surface area contributed by atoms with Gasteiger partial charge >= 0.3 is 0 Å². The number of nitrogens with zero attached hydrogens (tertiary/aromatic N) is 3. The Morgan fingerprint density at radius 2 is 1.65 bits per heavy atom. The van der Waals surface area contributed by atoms with Crippen LogP contribution in [-0.4, -0.2) is 53.3 Å². The molecule has 7 heteroatoms. The lowest BCUT2D eigenvalue weighted by atomic mass is 9.85. The Hall–Kier alpha value is -3.94. The van der Waals surface area contributed by atoms with Crippen LogP contribution in [-0.2, 0) is 11.8 Å². The van der Waals surface area contributed by atoms with E-state index in [1.54, 1.807) is 0 Å². The molecule has 48 heavy (non-hydrogen) atoms. The zero-order chi connectivity index (χ0) is 33.8. The Balaban J connectivity index is 1.09. The number of aromatic amines is 1. The third-order valence-corrected chi connectivity index (χ3v) is 10.3. The van der Waals surface area contributed by atoms with Crippen LogP contribution in [0.3, 0.4) is 0 Å². The number of aliphatic hydroxyl groups excluding tert-OH is 1. The molecule has 7 nitrogen and oxygen atoms in total. The fraction of sp³-hybridized carbons (Fsp3) is 0.463. The normalized spacial score (nSPS) is 18.2. The summed E-state index contributed by atoms with van der Waals surface area (Å²) >= 11 is 0. The molecule has 254 valence electrons. The number of fused-ring (bicyclic) bond motifs is 2. The van der Waals surface area contributed by atoms with E-state index >= 15 is 0 Å². The molecule has 2 unspecified atom stereocenters. The van der Waals surface area contributed by atoms with E-state index in [0.717, 1.165) is 60.6 Å². The summed E-state index contributed by atoms with van der Waals surface area (Å²) in [6.45, 7) is 10.7. The molecule has 0 radical (unpaired) electrons. The summed E-state index contributed by atoms with van der Waals surface area (Å²) in [5, 5.41) is 21.4. The van der Waals surface area contributed by atoms with Crippen molar-refractivity contribution in [3.05, 3.63) is 95.2 Å². The van der Waals surface area contributed by atoms with Crippen LogP contribution >= 0.6 is 0 Å². The summed E-state index contributed by atoms with van der Waals surface area (Å²) in [5.41, 5.74) is 7.18. The maximum atomic E-state index is 11.5. The van der Waals surface area contributed by atoms with E-state index in [1.165, 1.54) is 40.4 Å². The topological polar surface area (TPSA) is 89.1 Å². The minimum Gasteiger partial charge on any atom is -0.388 e. The maximum absolute atomic E-state index is 11.5. The highest BCUT2D eigenvalue weighted by Crippen LogP contribution is 2.35. The third kappa shape index (κ3) is 7.68. The van der Waals surface area contributed by atoms with Crippen molar-refractivity contribution in [3.63, 3.8) is 0 Å². The number of benzene rings is 3. The van der Waals surface area contributed by atoms with Gasteiger partial charge in [-0.2, -0.15) is 4.98 Å². The number of aromatic nitrogens is 3. The highest BCUT2D eigenvalue weighted by molar-refractivity contribution is 5.90. The monoisotopic (exact) mass is 646 g/mol. The van der Waals surface area contributed by atoms with Gasteiger partial charge in [0, 0.05) is 55.1 Å². The molecule has 0 saturated heterocycles. The minimum absolute atomic E-state index is 0.0893. The SMILES string of the molecule is CCc1cccc2c(C(CNCC3CCC(Nc4nc(N(C)C)c5ccccc5n4)CC3)CC(O)c3ccc(C(C)(C)C)cc3)c[nH]c12. The molecule has 1 saturated carbocycles. The quantitative estimate of drug-likeness (QED) is 0.109. The van der Waals surface area contributed by atoms with Crippen molar-refractivity contribution in [2.24, 2.45) is 5.92 Å². The summed E-state index contributed by atoms with van der Waals surface area (Å²) in [6, 6.07) is 23.8. The standard InChI is InChI=1S/C41H54N6O/c1-7-28-11-10-13-33-35(26-43-38(28)33)30(23-37(48)29-17-19-31(20-18-29)41(2,3)4)25-42-24-27-15-21-32(22-16-27)44-40-45-36-14-9-8-12-34(36)39(46-40)47(5)6/h8-14,17-20,26-27,30,32,37,42-43,48H,7,15-16,21-25H2,1-6H3,(H,44,45,46). The number of aliphatic hydroxyl groups is 1. The van der Waals surface area contributed by atoms with Crippen LogP contribution in [0.15, 0.2) is 72.9 Å². The van der Waals surface area contributed by atoms with Crippen LogP contribution in [0.1, 0.15) is 94.1 Å². The van der Waals surface area contributed by atoms with Crippen LogP contribution in [0.2, 0.25) is 0 Å². The zero-order valence-electron chi connectivity index (χ0n) is 29.7. The molecule has 6 rings (SSSR count). The maximum Gasteiger partial charge on any atom is 0.225 e. The number of H-pyrrole nitrogens is 1. The summed E-state index contributed by atoms with van der Waals surface area (Å²) in [6.07, 6.45) is 7.85. The molecular formula is C41H54N6O. The molecule has 1 aliphatic rings. The lowest BCUT2D eigenvalue weighted by Gasteiger charge is -2.30. The van der Waals surface area contributed by atoms with E-state index in [-0.39, 0.29) is 11.3 Å². The van der Waals surface area contributed by atoms with E-state index in [9.17, 15) is 5.11 Å². The lowest BCUT2D eigenvalue weighted by molar-refractivity contribution is 0.156. The molecule has 2 heterocycles. The van der Waals surface area contributed by atoms with E-state index in [1.807, 2.05) is 26.2 Å². The van der Waals surface area contributed by atoms with E-state index < -0.39 is 6.10 Å². The highest BCUT2D eigenvalue weighted by atomic mass is 16.3. The number of rotatable bonds is 12. The van der Waals surface area contributed by atoms with Crippen molar-refractivity contribution >= 4 is 33.6 Å². The molecule has 0 spiro atoms. The number of para-hydroxylation sites is 2. The van der Waals surface area contributed by atoms with Crippen LogP contribution in [0.4, 0.5) is 11.8 Å². The first-order valence-electron chi connectivity index (χ1n) is 17.9. The van der Waals surface area contributed by atoms with Gasteiger partial charge in [-0.3, -0.25) is 0 Å². The second kappa shape index (κ2) is 14.7. The first-order chi connectivity index (χ1) is 23.1. The van der Waals surface area contributed by atoms with Crippen LogP contribution in [0, 0.1) is 5.92 Å². The zero-order valence-corrected chi connectivity index (χ0v) is 29.7. The van der Waals surface area contributed by atoms with Gasteiger partial charge in [0.25, 0.3) is 0 Å². The average Bonchev–Trinajstić information content (AvgIpc) is 3.52. The molecule has 5 aromatic rings. The number of anilines is 2. The van der Waals surface area contributed by atoms with E-state index in [4.69, 9.17) is 9.97 Å². The van der Waals surface area contributed by atoms with Gasteiger partial charge in [0.2, 0.25) is 5.95 Å². The van der Waals surface area contributed by atoms with Crippen molar-refractivity contribution in [2.75, 3.05) is 37.4 Å². The van der Waals surface area contributed by atoms with Gasteiger partial charge < -0.3 is 25.6 Å². The van der Waals surface area contributed by atoms with E-state index in [2.05, 4.69) is 109 Å². The number of nitrogens with one attached hydrogen (secondary N) is 3. The first-order valence-corrected chi connectivity index (χ1v) is 17.9. The van der Waals surface area contributed by atoms with Crippen LogP contribution in [0.25, 0.3) is 21.8 Å². The Bertz CT molecular complexity index is 1800. The van der Waals surface area contributed by atoms with E-state index in [0.29, 0.717) is 18.4 Å². The fourth-order valence-electron chi connectivity index (χ4n) is 7.42. The van der Waals surface area contributed by atoms with Gasteiger partial charge in [-0.15, -0.1) is 0 Å². The second-order valence-electron chi connectivity index (χ2n) is 15.1. The van der Waals surface area contributed by atoms with Crippen molar-refractivity contribution in [1.29, 1.82) is 0 Å². The van der Waals surface area contributed by atoms with Crippen molar-refractivity contribution in [1.82, 2.24) is 20.3 Å². The summed E-state index contributed by atoms with van der Waals surface area (Å²) in [4.78, 5) is 15.3. The Labute approximate surface area is 286 Å². The summed E-state index contributed by atoms with van der Waals surface area (Å²) in [7, 11) is 4.07. The van der Waals surface area contributed by atoms with Crippen molar-refractivity contribution < 1.29 is 5.11 Å². The predicted octanol–water partition coefficient (Wildman–Crippen LogP) is 8.50. The second-order valence-corrected chi connectivity index (χ2v) is 15.1. The van der Waals surface area contributed by atoms with Gasteiger partial charge in [0.1, 0.15) is 5.82 Å². The van der Waals surface area contributed by atoms with Gasteiger partial charge in [-0.25, -0.2) is 4.98 Å². The molecule has 0 amide bonds. The Morgan fingerprint density at radius 3 is 2.35 bits per heavy atom. The smallest absolute Gasteiger partial charge is 0.225 e. The van der Waals surface area contributed by atoms with Crippen molar-refractivity contribution in [2.45, 2.75) is 89.7 Å². The molecular weight excluding hydrogens is 592 g/mol. The number of hydrogen-bond donors (Lipinski definition) is 4. The molecule has 2 atom stereocenters. The molecule has 4 N–H and O–H groups in total. The molecule has 3 aromatic carbocycles. The lowest BCUT2D eigenvalue weighted by Crippen LogP contribution is -2.33. The summed E-state index contributed by atoms with van der Waals surface area (Å²) < 4.78 is 0. The largest absolute Gasteiger partial charge is 0.388 e. The Kier molecular flexibility index (Phi) is 10.4. The van der Waals surface area contributed by atoms with Gasteiger partial charge in [0.15, 0.2) is 0 Å². The molecule has 1 aliphatic carbocycles. The van der Waals surface area contributed by atoms with Gasteiger partial charge in [-0.05, 0) is 90.8 Å². The number of hydrogen-bond acceptors (Lipinski definition) is 6. The van der Waals surface area contributed by atoms with Crippen LogP contribution in [0.5, 0.6) is 0 Å². The molecule has 2 aromatic heterocycles. The molecule has 0 aliphatic heterocycles. The third-order valence-electron chi connectivity index (χ3n) is 10.3. The van der Waals surface area contributed by atoms with Crippen molar-refractivity contribution in [3.8, 4) is 0 Å². The molecule has 0 bridgehead atoms. The Morgan fingerprint density at radius 1 is 0.917 bits per heavy atom. The fourth-order valence-corrected chi connectivity index (χ4v) is 7.42. The molecule has 1 fully saturated rings. The first kappa shape index (κ1) is 33.9. The predicted molar refractivity (Wildman–Crippen MR) is 201 cm³/mol. The average molecular weight is 647 g/mol. The van der Waals surface area contributed by atoms with Gasteiger partial charge in [-0.1, -0.05) is 82.3 Å². The summed E-state index contributed by atoms with van der Waals surface area (Å²) in [5.74, 6) is 2.47. The van der Waals surface area contributed by atoms with Crippen LogP contribution < -0.4 is 15.5 Å².